The molecule has 8 nitrogen and oxygen atoms in total. The van der Waals surface area contributed by atoms with E-state index in [1.165, 1.54) is 0 Å². The molecule has 0 atom stereocenters. The maximum Gasteiger partial charge on any atom is 0.345 e. The second-order valence-electron chi connectivity index (χ2n) is 7.68. The van der Waals surface area contributed by atoms with Crippen LogP contribution >= 0.6 is 0 Å². The van der Waals surface area contributed by atoms with E-state index < -0.39 is 5.69 Å². The summed E-state index contributed by atoms with van der Waals surface area (Å²) < 4.78 is 5.65. The predicted octanol–water partition coefficient (Wildman–Crippen LogP) is 2.95. The first-order valence-electron chi connectivity index (χ1n) is 11.0. The Kier molecular flexibility index (Phi) is 8.21. The van der Waals surface area contributed by atoms with Gasteiger partial charge in [0.2, 0.25) is 0 Å². The third kappa shape index (κ3) is 6.66. The summed E-state index contributed by atoms with van der Waals surface area (Å²) in [6.45, 7) is 9.13. The van der Waals surface area contributed by atoms with E-state index in [9.17, 15) is 14.7 Å². The number of H-pyrrole nitrogens is 1. The zero-order chi connectivity index (χ0) is 23.8. The van der Waals surface area contributed by atoms with Gasteiger partial charge < -0.3 is 25.0 Å². The number of ether oxygens (including phenoxy) is 1. The first-order valence-corrected chi connectivity index (χ1v) is 11.0. The summed E-state index contributed by atoms with van der Waals surface area (Å²) in [5.74, 6) is 0.520. The van der Waals surface area contributed by atoms with Gasteiger partial charge in [0.05, 0.1) is 11.4 Å². The number of aromatic nitrogens is 2. The first-order chi connectivity index (χ1) is 15.9. The number of nitrogens with zero attached hydrogens (tertiary/aromatic N) is 2. The van der Waals surface area contributed by atoms with Crippen LogP contribution in [0.4, 0.5) is 0 Å². The maximum atomic E-state index is 12.2. The number of carbonyl (C=O) groups is 1. The number of carbonyl (C=O) groups excluding carboxylic acids is 1. The molecule has 1 aromatic heterocycles. The number of likely N-dealkylation sites (N-methyl/N-ethyl adjacent to an activating group) is 1. The fourth-order valence-corrected chi connectivity index (χ4v) is 3.42. The highest BCUT2D eigenvalue weighted by Gasteiger charge is 2.09. The number of phenolic OH excluding ortho intramolecular Hbond substituents is 1. The second kappa shape index (κ2) is 11.3. The minimum Gasteiger partial charge on any atom is -0.508 e. The van der Waals surface area contributed by atoms with E-state index in [1.807, 2.05) is 6.07 Å². The molecule has 8 heteroatoms. The SMILES string of the molecule is CCN(CC)CCNC(=O)COc1cccc(-c2cc(-c3ccc(O)c(C)c3)nc(=O)[nH]2)c1. The largest absolute Gasteiger partial charge is 0.508 e. The Balaban J connectivity index is 1.69. The quantitative estimate of drug-likeness (QED) is 0.438. The highest BCUT2D eigenvalue weighted by molar-refractivity contribution is 5.77. The van der Waals surface area contributed by atoms with Crippen molar-refractivity contribution < 1.29 is 14.6 Å². The van der Waals surface area contributed by atoms with Gasteiger partial charge in [0.15, 0.2) is 6.61 Å². The van der Waals surface area contributed by atoms with Crippen LogP contribution < -0.4 is 15.7 Å². The highest BCUT2D eigenvalue weighted by Crippen LogP contribution is 2.27. The van der Waals surface area contributed by atoms with Crippen LogP contribution in [0.1, 0.15) is 19.4 Å². The lowest BCUT2D eigenvalue weighted by atomic mass is 10.1. The minimum absolute atomic E-state index is 0.0907. The zero-order valence-corrected chi connectivity index (χ0v) is 19.2. The topological polar surface area (TPSA) is 108 Å². The van der Waals surface area contributed by atoms with Crippen molar-refractivity contribution in [1.82, 2.24) is 20.2 Å². The molecule has 0 aliphatic heterocycles. The number of aromatic hydroxyl groups is 1. The Bertz CT molecular complexity index is 1160. The van der Waals surface area contributed by atoms with Gasteiger partial charge in [-0.1, -0.05) is 26.0 Å². The fourth-order valence-electron chi connectivity index (χ4n) is 3.42. The molecule has 33 heavy (non-hydrogen) atoms. The summed E-state index contributed by atoms with van der Waals surface area (Å²) in [6.07, 6.45) is 0. The molecule has 0 aliphatic rings. The predicted molar refractivity (Wildman–Crippen MR) is 128 cm³/mol. The van der Waals surface area contributed by atoms with Crippen LogP contribution in [0.5, 0.6) is 11.5 Å². The van der Waals surface area contributed by atoms with Crippen LogP contribution in [0, 0.1) is 6.92 Å². The maximum absolute atomic E-state index is 12.2. The van der Waals surface area contributed by atoms with E-state index in [1.54, 1.807) is 49.4 Å². The van der Waals surface area contributed by atoms with E-state index in [0.717, 1.165) is 30.8 Å². The highest BCUT2D eigenvalue weighted by atomic mass is 16.5. The number of rotatable bonds is 10. The van der Waals surface area contributed by atoms with Gasteiger partial charge >= 0.3 is 5.69 Å². The number of amides is 1. The van der Waals surface area contributed by atoms with Crippen molar-refractivity contribution >= 4 is 5.91 Å². The van der Waals surface area contributed by atoms with Crippen molar-refractivity contribution in [1.29, 1.82) is 0 Å². The zero-order valence-electron chi connectivity index (χ0n) is 19.2. The molecule has 174 valence electrons. The van der Waals surface area contributed by atoms with Crippen LogP contribution in [0.25, 0.3) is 22.5 Å². The molecular formula is C25H30N4O4. The van der Waals surface area contributed by atoms with E-state index >= 15 is 0 Å². The van der Waals surface area contributed by atoms with Crippen molar-refractivity contribution in [2.24, 2.45) is 0 Å². The number of aromatic amines is 1. The molecule has 1 amide bonds. The number of aryl methyl sites for hydroxylation is 1. The summed E-state index contributed by atoms with van der Waals surface area (Å²) in [5.41, 5.74) is 2.74. The van der Waals surface area contributed by atoms with Gasteiger partial charge in [-0.15, -0.1) is 0 Å². The molecule has 0 bridgehead atoms. The van der Waals surface area contributed by atoms with Crippen LogP contribution in [0.15, 0.2) is 53.3 Å². The van der Waals surface area contributed by atoms with Crippen LogP contribution in [-0.2, 0) is 4.79 Å². The van der Waals surface area contributed by atoms with Crippen molar-refractivity contribution in [3.05, 3.63) is 64.6 Å². The number of hydrogen-bond donors (Lipinski definition) is 3. The molecule has 0 radical (unpaired) electrons. The van der Waals surface area contributed by atoms with Crippen molar-refractivity contribution in [3.8, 4) is 34.0 Å². The van der Waals surface area contributed by atoms with Crippen molar-refractivity contribution in [2.75, 3.05) is 32.8 Å². The summed E-state index contributed by atoms with van der Waals surface area (Å²) >= 11 is 0. The van der Waals surface area contributed by atoms with E-state index in [4.69, 9.17) is 4.74 Å². The smallest absolute Gasteiger partial charge is 0.345 e. The molecule has 0 spiro atoms. The molecule has 3 N–H and O–H groups in total. The van der Waals surface area contributed by atoms with Gasteiger partial charge in [-0.2, -0.15) is 4.98 Å². The number of phenols is 1. The third-order valence-electron chi connectivity index (χ3n) is 5.40. The summed E-state index contributed by atoms with van der Waals surface area (Å²) in [4.78, 5) is 33.3. The fraction of sp³-hybridized carbons (Fsp3) is 0.320. The van der Waals surface area contributed by atoms with Gasteiger partial charge in [-0.25, -0.2) is 4.79 Å². The van der Waals surface area contributed by atoms with Crippen LogP contribution in [-0.4, -0.2) is 58.7 Å². The number of hydrogen-bond acceptors (Lipinski definition) is 6. The monoisotopic (exact) mass is 450 g/mol. The molecule has 1 heterocycles. The third-order valence-corrected chi connectivity index (χ3v) is 5.40. The number of benzene rings is 2. The van der Waals surface area contributed by atoms with Gasteiger partial charge in [0.25, 0.3) is 5.91 Å². The molecule has 0 aliphatic carbocycles. The molecule has 3 aromatic rings. The Labute approximate surface area is 193 Å². The molecule has 0 saturated heterocycles. The minimum atomic E-state index is -0.480. The average Bonchev–Trinajstić information content (AvgIpc) is 2.82. The van der Waals surface area contributed by atoms with E-state index in [0.29, 0.717) is 29.2 Å². The van der Waals surface area contributed by atoms with E-state index in [-0.39, 0.29) is 18.3 Å². The normalized spacial score (nSPS) is 10.9. The van der Waals surface area contributed by atoms with Crippen molar-refractivity contribution in [3.63, 3.8) is 0 Å². The molecule has 0 unspecified atom stereocenters. The van der Waals surface area contributed by atoms with Gasteiger partial charge in [0.1, 0.15) is 11.5 Å². The molecule has 2 aromatic carbocycles. The Morgan fingerprint density at radius 2 is 1.91 bits per heavy atom. The van der Waals surface area contributed by atoms with Crippen molar-refractivity contribution in [2.45, 2.75) is 20.8 Å². The molecule has 0 saturated carbocycles. The summed E-state index contributed by atoms with van der Waals surface area (Å²) in [7, 11) is 0. The Hall–Kier alpha value is -3.65. The Morgan fingerprint density at radius 1 is 1.12 bits per heavy atom. The van der Waals surface area contributed by atoms with E-state index in [2.05, 4.69) is 34.0 Å². The summed E-state index contributed by atoms with van der Waals surface area (Å²) in [6, 6.07) is 14.0. The lowest BCUT2D eigenvalue weighted by molar-refractivity contribution is -0.123. The lowest BCUT2D eigenvalue weighted by Gasteiger charge is -2.18. The number of nitrogens with one attached hydrogen (secondary N) is 2. The molecular weight excluding hydrogens is 420 g/mol. The van der Waals surface area contributed by atoms with Gasteiger partial charge in [0, 0.05) is 24.2 Å². The first kappa shape index (κ1) is 24.0. The van der Waals surface area contributed by atoms with Gasteiger partial charge in [-0.3, -0.25) is 4.79 Å². The second-order valence-corrected chi connectivity index (χ2v) is 7.68. The standard InChI is InChI=1S/C25H30N4O4/c1-4-29(5-2)12-11-26-24(31)16-33-20-8-6-7-18(14-20)21-15-22(28-25(32)27-21)19-9-10-23(30)17(3)13-19/h6-10,13-15,30H,4-5,11-12,16H2,1-3H3,(H,26,31)(H,27,28,32). The molecule has 3 rings (SSSR count). The average molecular weight is 451 g/mol. The molecule has 0 fully saturated rings. The Morgan fingerprint density at radius 3 is 2.64 bits per heavy atom. The summed E-state index contributed by atoms with van der Waals surface area (Å²) in [5, 5.41) is 12.6. The van der Waals surface area contributed by atoms with Gasteiger partial charge in [-0.05, 0) is 62.0 Å². The van der Waals surface area contributed by atoms with Crippen LogP contribution in [0.2, 0.25) is 0 Å². The van der Waals surface area contributed by atoms with Crippen LogP contribution in [0.3, 0.4) is 0 Å². The lowest BCUT2D eigenvalue weighted by Crippen LogP contribution is -2.36.